The zero-order valence-corrected chi connectivity index (χ0v) is 10.1. The summed E-state index contributed by atoms with van der Waals surface area (Å²) < 4.78 is 0. The van der Waals surface area contributed by atoms with E-state index in [1.54, 1.807) is 6.21 Å². The maximum Gasteiger partial charge on any atom is 0.212 e. The molecule has 5 nitrogen and oxygen atoms in total. The number of guanidine groups is 1. The van der Waals surface area contributed by atoms with Gasteiger partial charge in [0.2, 0.25) is 5.96 Å². The maximum absolute atomic E-state index is 4.18. The van der Waals surface area contributed by atoms with Crippen molar-refractivity contribution in [2.24, 2.45) is 10.1 Å². The Labute approximate surface area is 101 Å². The van der Waals surface area contributed by atoms with Gasteiger partial charge in [-0.25, -0.2) is 10.4 Å². The van der Waals surface area contributed by atoms with Crippen LogP contribution in [-0.4, -0.2) is 39.4 Å². The predicted molar refractivity (Wildman–Crippen MR) is 71.8 cm³/mol. The summed E-state index contributed by atoms with van der Waals surface area (Å²) in [6.07, 6.45) is 1.78. The van der Waals surface area contributed by atoms with Gasteiger partial charge >= 0.3 is 0 Å². The fourth-order valence-electron chi connectivity index (χ4n) is 1.50. The Bertz CT molecular complexity index is 419. The summed E-state index contributed by atoms with van der Waals surface area (Å²) in [5, 5.41) is 7.20. The van der Waals surface area contributed by atoms with Crippen LogP contribution in [0.3, 0.4) is 0 Å². The number of hydrogen-bond acceptors (Lipinski definition) is 5. The summed E-state index contributed by atoms with van der Waals surface area (Å²) in [4.78, 5) is 6.24. The number of aliphatic imine (C=N–C) groups is 1. The second kappa shape index (κ2) is 5.34. The molecular formula is C12H17N5. The Hall–Kier alpha value is -2.04. The molecule has 5 heteroatoms. The number of anilines is 1. The molecule has 0 radical (unpaired) electrons. The van der Waals surface area contributed by atoms with Crippen LogP contribution in [0.4, 0.5) is 5.69 Å². The van der Waals surface area contributed by atoms with Gasteiger partial charge in [-0.05, 0) is 17.7 Å². The summed E-state index contributed by atoms with van der Waals surface area (Å²) in [5.41, 5.74) is 5.10. The number of hydrogen-bond donors (Lipinski definition) is 2. The molecule has 2 rings (SSSR count). The van der Waals surface area contributed by atoms with Gasteiger partial charge in [0, 0.05) is 26.3 Å². The molecule has 0 aromatic heterocycles. The highest BCUT2D eigenvalue weighted by Gasteiger charge is 2.01. The van der Waals surface area contributed by atoms with Gasteiger partial charge in [-0.3, -0.25) is 0 Å². The van der Waals surface area contributed by atoms with Crippen LogP contribution >= 0.6 is 0 Å². The second-order valence-electron chi connectivity index (χ2n) is 4.01. The van der Waals surface area contributed by atoms with Crippen molar-refractivity contribution in [2.75, 3.05) is 32.1 Å². The molecule has 0 amide bonds. The lowest BCUT2D eigenvalue weighted by Crippen LogP contribution is -2.30. The number of benzene rings is 1. The van der Waals surface area contributed by atoms with Crippen LogP contribution in [0.5, 0.6) is 0 Å². The van der Waals surface area contributed by atoms with Gasteiger partial charge in [0.25, 0.3) is 0 Å². The van der Waals surface area contributed by atoms with Crippen LogP contribution in [0.15, 0.2) is 34.4 Å². The molecule has 0 unspecified atom stereocenters. The third kappa shape index (κ3) is 3.21. The molecular weight excluding hydrogens is 214 g/mol. The van der Waals surface area contributed by atoms with Gasteiger partial charge in [0.05, 0.1) is 12.8 Å². The molecule has 0 atom stereocenters. The Kier molecular flexibility index (Phi) is 3.59. The minimum absolute atomic E-state index is 0.742. The van der Waals surface area contributed by atoms with Crippen LogP contribution in [-0.2, 0) is 0 Å². The van der Waals surface area contributed by atoms with Crippen LogP contribution in [0.1, 0.15) is 5.56 Å². The first-order chi connectivity index (χ1) is 8.25. The summed E-state index contributed by atoms with van der Waals surface area (Å²) >= 11 is 0. The van der Waals surface area contributed by atoms with Crippen molar-refractivity contribution in [3.8, 4) is 0 Å². The Balaban J connectivity index is 1.91. The van der Waals surface area contributed by atoms with E-state index in [9.17, 15) is 0 Å². The molecule has 0 fully saturated rings. The van der Waals surface area contributed by atoms with Gasteiger partial charge in [-0.1, -0.05) is 12.1 Å². The smallest absolute Gasteiger partial charge is 0.212 e. The highest BCUT2D eigenvalue weighted by Crippen LogP contribution is 2.10. The zero-order valence-electron chi connectivity index (χ0n) is 10.1. The van der Waals surface area contributed by atoms with E-state index in [1.165, 1.54) is 5.69 Å². The summed E-state index contributed by atoms with van der Waals surface area (Å²) in [6.45, 7) is 1.70. The lowest BCUT2D eigenvalue weighted by atomic mass is 10.2. The van der Waals surface area contributed by atoms with Crippen LogP contribution in [0.25, 0.3) is 0 Å². The molecule has 0 aliphatic carbocycles. The fraction of sp³-hybridized carbons (Fsp3) is 0.333. The Morgan fingerprint density at radius 3 is 2.71 bits per heavy atom. The zero-order chi connectivity index (χ0) is 12.1. The monoisotopic (exact) mass is 231 g/mol. The summed E-state index contributed by atoms with van der Waals surface area (Å²) in [6, 6.07) is 8.19. The standard InChI is InChI=1S/C12H17N5/c1-17(2)11-5-3-10(4-6-11)9-15-16-12-13-7-8-14-12/h3-6,9H,7-8H2,1-2H3,(H2,13,14,16). The van der Waals surface area contributed by atoms with Crippen molar-refractivity contribution >= 4 is 17.9 Å². The molecule has 0 saturated heterocycles. The van der Waals surface area contributed by atoms with Crippen LogP contribution in [0, 0.1) is 0 Å². The van der Waals surface area contributed by atoms with E-state index >= 15 is 0 Å². The highest BCUT2D eigenvalue weighted by molar-refractivity contribution is 5.84. The van der Waals surface area contributed by atoms with E-state index in [0.717, 1.165) is 24.6 Å². The SMILES string of the molecule is CN(C)c1ccc(C=NNC2=NCCN2)cc1. The van der Waals surface area contributed by atoms with E-state index in [4.69, 9.17) is 0 Å². The fourth-order valence-corrected chi connectivity index (χ4v) is 1.50. The first kappa shape index (κ1) is 11.4. The molecule has 90 valence electrons. The van der Waals surface area contributed by atoms with Crippen molar-refractivity contribution in [2.45, 2.75) is 0 Å². The van der Waals surface area contributed by atoms with E-state index in [2.05, 4.69) is 37.9 Å². The molecule has 0 saturated carbocycles. The van der Waals surface area contributed by atoms with Gasteiger partial charge in [-0.15, -0.1) is 0 Å². The maximum atomic E-state index is 4.18. The minimum atomic E-state index is 0.742. The first-order valence-electron chi connectivity index (χ1n) is 5.60. The third-order valence-electron chi connectivity index (χ3n) is 2.47. The van der Waals surface area contributed by atoms with Gasteiger partial charge in [0.1, 0.15) is 0 Å². The number of rotatable bonds is 3. The van der Waals surface area contributed by atoms with E-state index in [-0.39, 0.29) is 0 Å². The second-order valence-corrected chi connectivity index (χ2v) is 4.01. The van der Waals surface area contributed by atoms with Gasteiger partial charge in [-0.2, -0.15) is 5.10 Å². The molecule has 2 N–H and O–H groups in total. The summed E-state index contributed by atoms with van der Waals surface area (Å²) in [7, 11) is 4.04. The highest BCUT2D eigenvalue weighted by atomic mass is 15.4. The van der Waals surface area contributed by atoms with Gasteiger partial charge in [0.15, 0.2) is 0 Å². The first-order valence-corrected chi connectivity index (χ1v) is 5.60. The molecule has 1 heterocycles. The minimum Gasteiger partial charge on any atom is -0.378 e. The number of hydrazone groups is 1. The lowest BCUT2D eigenvalue weighted by Gasteiger charge is -2.11. The van der Waals surface area contributed by atoms with Gasteiger partial charge < -0.3 is 10.2 Å². The normalized spacial score (nSPS) is 14.6. The van der Waals surface area contributed by atoms with Crippen molar-refractivity contribution in [3.05, 3.63) is 29.8 Å². The van der Waals surface area contributed by atoms with E-state index in [1.807, 2.05) is 26.2 Å². The third-order valence-corrected chi connectivity index (χ3v) is 2.47. The Morgan fingerprint density at radius 1 is 1.35 bits per heavy atom. The molecule has 1 aromatic rings. The number of nitrogens with zero attached hydrogens (tertiary/aromatic N) is 3. The lowest BCUT2D eigenvalue weighted by molar-refractivity contribution is 0.920. The quantitative estimate of drug-likeness (QED) is 0.593. The summed E-state index contributed by atoms with van der Waals surface area (Å²) in [5.74, 6) is 0.742. The molecule has 0 bridgehead atoms. The van der Waals surface area contributed by atoms with Crippen molar-refractivity contribution < 1.29 is 0 Å². The molecule has 0 spiro atoms. The average molecular weight is 231 g/mol. The van der Waals surface area contributed by atoms with Crippen LogP contribution < -0.4 is 15.6 Å². The Morgan fingerprint density at radius 2 is 2.12 bits per heavy atom. The molecule has 1 aliphatic heterocycles. The predicted octanol–water partition coefficient (Wildman–Crippen LogP) is 0.635. The number of nitrogens with one attached hydrogen (secondary N) is 2. The molecule has 1 aliphatic rings. The molecule has 1 aromatic carbocycles. The topological polar surface area (TPSA) is 52.0 Å². The van der Waals surface area contributed by atoms with Crippen molar-refractivity contribution in [3.63, 3.8) is 0 Å². The average Bonchev–Trinajstić information content (AvgIpc) is 2.83. The van der Waals surface area contributed by atoms with Crippen LogP contribution in [0.2, 0.25) is 0 Å². The van der Waals surface area contributed by atoms with Crippen molar-refractivity contribution in [1.29, 1.82) is 0 Å². The van der Waals surface area contributed by atoms with Crippen molar-refractivity contribution in [1.82, 2.24) is 10.7 Å². The molecule has 17 heavy (non-hydrogen) atoms. The van der Waals surface area contributed by atoms with E-state index in [0.29, 0.717) is 0 Å². The largest absolute Gasteiger partial charge is 0.378 e. The van der Waals surface area contributed by atoms with E-state index < -0.39 is 0 Å².